The van der Waals surface area contributed by atoms with Gasteiger partial charge < -0.3 is 10.6 Å². The normalized spacial score (nSPS) is 10.1. The molecule has 0 spiro atoms. The van der Waals surface area contributed by atoms with Gasteiger partial charge in [0.15, 0.2) is 0 Å². The van der Waals surface area contributed by atoms with Gasteiger partial charge in [0.1, 0.15) is 0 Å². The van der Waals surface area contributed by atoms with Gasteiger partial charge in [-0.25, -0.2) is 4.68 Å². The topological polar surface area (TPSA) is 59.0 Å². The maximum absolute atomic E-state index is 11.6. The molecule has 0 fully saturated rings. The van der Waals surface area contributed by atoms with Crippen molar-refractivity contribution in [1.82, 2.24) is 15.1 Å². The van der Waals surface area contributed by atoms with Crippen LogP contribution in [0.4, 0.5) is 5.69 Å². The zero-order chi connectivity index (χ0) is 14.5. The average molecular weight is 291 g/mol. The molecule has 0 bridgehead atoms. The Bertz CT molecular complexity index is 636. The first-order valence-electron chi connectivity index (χ1n) is 6.05. The fourth-order valence-electron chi connectivity index (χ4n) is 1.71. The molecule has 1 heterocycles. The van der Waals surface area contributed by atoms with Gasteiger partial charge in [-0.1, -0.05) is 18.2 Å². The van der Waals surface area contributed by atoms with Crippen molar-refractivity contribution in [3.63, 3.8) is 0 Å². The van der Waals surface area contributed by atoms with Gasteiger partial charge in [0.25, 0.3) is 5.91 Å². The molecule has 0 aliphatic rings. The van der Waals surface area contributed by atoms with Gasteiger partial charge in [-0.3, -0.25) is 4.79 Å². The molecule has 1 aromatic carbocycles. The highest BCUT2D eigenvalue weighted by atomic mass is 35.5. The van der Waals surface area contributed by atoms with Crippen molar-refractivity contribution in [3.8, 4) is 0 Å². The first kappa shape index (κ1) is 14.1. The van der Waals surface area contributed by atoms with Crippen molar-refractivity contribution in [1.29, 1.82) is 0 Å². The lowest BCUT2D eigenvalue weighted by Gasteiger charge is -2.09. The Hall–Kier alpha value is -2.27. The zero-order valence-electron chi connectivity index (χ0n) is 11.1. The molecule has 5 nitrogen and oxygen atoms in total. The third-order valence-electron chi connectivity index (χ3n) is 2.78. The van der Waals surface area contributed by atoms with E-state index in [1.54, 1.807) is 42.3 Å². The monoisotopic (exact) mass is 290 g/mol. The van der Waals surface area contributed by atoms with Crippen LogP contribution in [-0.2, 0) is 6.54 Å². The quantitative estimate of drug-likeness (QED) is 0.890. The Kier molecular flexibility index (Phi) is 4.42. The molecule has 1 aromatic heterocycles. The summed E-state index contributed by atoms with van der Waals surface area (Å²) in [7, 11) is 1.59. The molecule has 6 heteroatoms. The molecule has 0 saturated heterocycles. The Morgan fingerprint density at radius 1 is 1.55 bits per heavy atom. The third kappa shape index (κ3) is 3.19. The second-order valence-electron chi connectivity index (χ2n) is 4.14. The summed E-state index contributed by atoms with van der Waals surface area (Å²) in [4.78, 5) is 11.6. The SMILES string of the molecule is C=Cn1cc(CNc2cc(C(=O)NC)ccc2Cl)cn1. The van der Waals surface area contributed by atoms with Crippen LogP contribution in [0.2, 0.25) is 5.02 Å². The number of amides is 1. The van der Waals surface area contributed by atoms with E-state index in [1.807, 2.05) is 6.20 Å². The predicted molar refractivity (Wildman–Crippen MR) is 80.8 cm³/mol. The number of halogens is 1. The molecule has 0 aliphatic carbocycles. The number of carbonyl (C=O) groups is 1. The number of carbonyl (C=O) groups excluding carboxylic acids is 1. The third-order valence-corrected chi connectivity index (χ3v) is 3.11. The largest absolute Gasteiger partial charge is 0.380 e. The molecule has 0 aliphatic heterocycles. The molecule has 0 saturated carbocycles. The van der Waals surface area contributed by atoms with E-state index in [4.69, 9.17) is 11.6 Å². The van der Waals surface area contributed by atoms with Crippen LogP contribution in [0.1, 0.15) is 15.9 Å². The minimum absolute atomic E-state index is 0.149. The van der Waals surface area contributed by atoms with E-state index < -0.39 is 0 Å². The molecule has 2 aromatic rings. The lowest BCUT2D eigenvalue weighted by atomic mass is 10.2. The summed E-state index contributed by atoms with van der Waals surface area (Å²) in [5, 5.41) is 10.4. The molecule has 2 rings (SSSR count). The molecular weight excluding hydrogens is 276 g/mol. The molecule has 2 N–H and O–H groups in total. The second-order valence-corrected chi connectivity index (χ2v) is 4.55. The lowest BCUT2D eigenvalue weighted by Crippen LogP contribution is -2.17. The Balaban J connectivity index is 2.12. The van der Waals surface area contributed by atoms with Crippen LogP contribution in [0, 0.1) is 0 Å². The fourth-order valence-corrected chi connectivity index (χ4v) is 1.90. The van der Waals surface area contributed by atoms with E-state index in [0.29, 0.717) is 22.8 Å². The Labute approximate surface area is 122 Å². The van der Waals surface area contributed by atoms with Gasteiger partial charge in [-0.15, -0.1) is 0 Å². The van der Waals surface area contributed by atoms with E-state index in [0.717, 1.165) is 5.56 Å². The second kappa shape index (κ2) is 6.25. The van der Waals surface area contributed by atoms with E-state index in [1.165, 1.54) is 0 Å². The van der Waals surface area contributed by atoms with E-state index in [9.17, 15) is 4.79 Å². The number of aromatic nitrogens is 2. The summed E-state index contributed by atoms with van der Waals surface area (Å²) in [5.74, 6) is -0.149. The van der Waals surface area contributed by atoms with Crippen LogP contribution in [0.15, 0.2) is 37.2 Å². The first-order chi connectivity index (χ1) is 9.63. The summed E-state index contributed by atoms with van der Waals surface area (Å²) in [6.45, 7) is 4.19. The summed E-state index contributed by atoms with van der Waals surface area (Å²) in [6, 6.07) is 5.10. The summed E-state index contributed by atoms with van der Waals surface area (Å²) < 4.78 is 1.62. The van der Waals surface area contributed by atoms with Crippen LogP contribution < -0.4 is 10.6 Å². The molecule has 20 heavy (non-hydrogen) atoms. The lowest BCUT2D eigenvalue weighted by molar-refractivity contribution is 0.0963. The highest BCUT2D eigenvalue weighted by Gasteiger charge is 2.07. The minimum atomic E-state index is -0.149. The predicted octanol–water partition coefficient (Wildman–Crippen LogP) is 2.61. The molecule has 0 unspecified atom stereocenters. The zero-order valence-corrected chi connectivity index (χ0v) is 11.8. The molecule has 104 valence electrons. The van der Waals surface area contributed by atoms with Crippen molar-refractivity contribution >= 4 is 29.4 Å². The molecule has 0 radical (unpaired) electrons. The Morgan fingerprint density at radius 2 is 2.35 bits per heavy atom. The van der Waals surface area contributed by atoms with E-state index >= 15 is 0 Å². The van der Waals surface area contributed by atoms with Crippen LogP contribution in [0.5, 0.6) is 0 Å². The van der Waals surface area contributed by atoms with Crippen molar-refractivity contribution in [3.05, 3.63) is 53.3 Å². The van der Waals surface area contributed by atoms with Crippen LogP contribution in [0.25, 0.3) is 6.20 Å². The van der Waals surface area contributed by atoms with Gasteiger partial charge in [-0.2, -0.15) is 5.10 Å². The van der Waals surface area contributed by atoms with E-state index in [-0.39, 0.29) is 5.91 Å². The highest BCUT2D eigenvalue weighted by molar-refractivity contribution is 6.33. The maximum Gasteiger partial charge on any atom is 0.251 e. The van der Waals surface area contributed by atoms with Crippen molar-refractivity contribution in [2.24, 2.45) is 0 Å². The number of hydrogen-bond acceptors (Lipinski definition) is 3. The number of hydrogen-bond donors (Lipinski definition) is 2. The average Bonchev–Trinajstić information content (AvgIpc) is 2.93. The first-order valence-corrected chi connectivity index (χ1v) is 6.43. The van der Waals surface area contributed by atoms with Gasteiger partial charge in [-0.05, 0) is 18.2 Å². The standard InChI is InChI=1S/C14H15ClN4O/c1-3-19-9-10(8-18-19)7-17-13-6-11(14(20)16-2)4-5-12(13)15/h3-6,8-9,17H,1,7H2,2H3,(H,16,20). The van der Waals surface area contributed by atoms with Crippen LogP contribution in [0.3, 0.4) is 0 Å². The van der Waals surface area contributed by atoms with Gasteiger partial charge in [0, 0.05) is 37.1 Å². The number of nitrogens with zero attached hydrogens (tertiary/aromatic N) is 2. The van der Waals surface area contributed by atoms with E-state index in [2.05, 4.69) is 22.3 Å². The number of anilines is 1. The number of benzene rings is 1. The minimum Gasteiger partial charge on any atom is -0.380 e. The van der Waals surface area contributed by atoms with Gasteiger partial charge >= 0.3 is 0 Å². The molecule has 1 amide bonds. The van der Waals surface area contributed by atoms with Gasteiger partial charge in [0.05, 0.1) is 16.9 Å². The van der Waals surface area contributed by atoms with Gasteiger partial charge in [0.2, 0.25) is 0 Å². The summed E-state index contributed by atoms with van der Waals surface area (Å²) >= 11 is 6.11. The molecular formula is C14H15ClN4O. The maximum atomic E-state index is 11.6. The van der Waals surface area contributed by atoms with Crippen molar-refractivity contribution < 1.29 is 4.79 Å². The summed E-state index contributed by atoms with van der Waals surface area (Å²) in [5.41, 5.74) is 2.26. The number of rotatable bonds is 5. The highest BCUT2D eigenvalue weighted by Crippen LogP contribution is 2.23. The van der Waals surface area contributed by atoms with Crippen LogP contribution in [-0.4, -0.2) is 22.7 Å². The Morgan fingerprint density at radius 3 is 3.00 bits per heavy atom. The fraction of sp³-hybridized carbons (Fsp3) is 0.143. The number of nitrogens with one attached hydrogen (secondary N) is 2. The summed E-state index contributed by atoms with van der Waals surface area (Å²) in [6.07, 6.45) is 5.21. The van der Waals surface area contributed by atoms with Crippen molar-refractivity contribution in [2.45, 2.75) is 6.54 Å². The smallest absolute Gasteiger partial charge is 0.251 e. The van der Waals surface area contributed by atoms with Crippen molar-refractivity contribution in [2.75, 3.05) is 12.4 Å². The molecule has 0 atom stereocenters. The van der Waals surface area contributed by atoms with Crippen LogP contribution >= 0.6 is 11.6 Å².